The van der Waals surface area contributed by atoms with Crippen LogP contribution in [0.4, 0.5) is 0 Å². The number of aryl methyl sites for hydroxylation is 2. The molecule has 1 fully saturated rings. The lowest BCUT2D eigenvalue weighted by Gasteiger charge is -2.30. The van der Waals surface area contributed by atoms with Gasteiger partial charge in [0.15, 0.2) is 0 Å². The van der Waals surface area contributed by atoms with Crippen LogP contribution in [0.15, 0.2) is 24.8 Å². The molecule has 0 bridgehead atoms. The van der Waals surface area contributed by atoms with Crippen molar-refractivity contribution >= 4 is 0 Å². The van der Waals surface area contributed by atoms with E-state index in [1.807, 2.05) is 24.8 Å². The van der Waals surface area contributed by atoms with Crippen LogP contribution in [0.2, 0.25) is 0 Å². The third kappa shape index (κ3) is 3.75. The first-order valence-corrected chi connectivity index (χ1v) is 8.10. The fourth-order valence-corrected chi connectivity index (χ4v) is 3.07. The van der Waals surface area contributed by atoms with Crippen LogP contribution in [0.3, 0.4) is 0 Å². The minimum atomic E-state index is 0.578. The van der Waals surface area contributed by atoms with Gasteiger partial charge < -0.3 is 14.5 Å². The van der Waals surface area contributed by atoms with Gasteiger partial charge in [-0.1, -0.05) is 6.42 Å². The molecule has 0 saturated carbocycles. The molecule has 1 N–H and O–H groups in total. The molecule has 0 aromatic carbocycles. The monoisotopic (exact) mass is 302 g/mol. The second-order valence-corrected chi connectivity index (χ2v) is 6.23. The van der Waals surface area contributed by atoms with E-state index in [4.69, 9.17) is 0 Å². The van der Waals surface area contributed by atoms with Gasteiger partial charge >= 0.3 is 0 Å². The Bertz CT molecular complexity index is 539. The molecular weight excluding hydrogens is 276 g/mol. The van der Waals surface area contributed by atoms with E-state index in [2.05, 4.69) is 43.4 Å². The van der Waals surface area contributed by atoms with Gasteiger partial charge in [-0.15, -0.1) is 0 Å². The molecule has 0 spiro atoms. The van der Waals surface area contributed by atoms with Crippen LogP contribution in [0, 0.1) is 0 Å². The lowest BCUT2D eigenvalue weighted by Crippen LogP contribution is -2.43. The van der Waals surface area contributed by atoms with Gasteiger partial charge in [-0.3, -0.25) is 4.90 Å². The fraction of sp³-hybridized carbons (Fsp3) is 0.625. The predicted octanol–water partition coefficient (Wildman–Crippen LogP) is 1.30. The van der Waals surface area contributed by atoms with E-state index in [1.54, 1.807) is 0 Å². The number of imidazole rings is 2. The number of hydrogen-bond donors (Lipinski definition) is 1. The molecule has 3 rings (SSSR count). The van der Waals surface area contributed by atoms with Crippen LogP contribution < -0.4 is 5.32 Å². The summed E-state index contributed by atoms with van der Waals surface area (Å²) in [5.74, 6) is 2.20. The van der Waals surface area contributed by atoms with Gasteiger partial charge in [-0.05, 0) is 19.4 Å². The summed E-state index contributed by atoms with van der Waals surface area (Å²) in [7, 11) is 4.11. The summed E-state index contributed by atoms with van der Waals surface area (Å²) in [6.07, 6.45) is 11.6. The van der Waals surface area contributed by atoms with Crippen molar-refractivity contribution in [3.8, 4) is 0 Å². The number of nitrogens with zero attached hydrogens (tertiary/aromatic N) is 5. The molecule has 3 heterocycles. The normalized spacial score (nSPS) is 19.0. The third-order valence-corrected chi connectivity index (χ3v) is 4.46. The zero-order chi connectivity index (χ0) is 15.4. The Morgan fingerprint density at radius 1 is 1.09 bits per heavy atom. The second-order valence-electron chi connectivity index (χ2n) is 6.23. The maximum atomic E-state index is 4.47. The van der Waals surface area contributed by atoms with E-state index in [-0.39, 0.29) is 0 Å². The van der Waals surface area contributed by atoms with Crippen molar-refractivity contribution in [1.82, 2.24) is 29.3 Å². The Hall–Kier alpha value is -1.66. The average molecular weight is 302 g/mol. The molecule has 0 amide bonds. The third-order valence-electron chi connectivity index (χ3n) is 4.46. The molecule has 120 valence electrons. The van der Waals surface area contributed by atoms with Crippen molar-refractivity contribution in [2.24, 2.45) is 14.1 Å². The number of nitrogens with one attached hydrogen (secondary N) is 1. The van der Waals surface area contributed by atoms with Crippen LogP contribution in [0.5, 0.6) is 0 Å². The maximum Gasteiger partial charge on any atom is 0.122 e. The Kier molecular flexibility index (Phi) is 4.90. The first-order valence-electron chi connectivity index (χ1n) is 8.10. The first-order chi connectivity index (χ1) is 10.7. The van der Waals surface area contributed by atoms with Crippen LogP contribution in [0.1, 0.15) is 30.9 Å². The van der Waals surface area contributed by atoms with E-state index in [0.717, 1.165) is 37.8 Å². The summed E-state index contributed by atoms with van der Waals surface area (Å²) in [6, 6.07) is 0.578. The van der Waals surface area contributed by atoms with E-state index in [1.165, 1.54) is 19.3 Å². The largest absolute Gasteiger partial charge is 0.337 e. The molecule has 2 aromatic rings. The summed E-state index contributed by atoms with van der Waals surface area (Å²) in [5.41, 5.74) is 0. The van der Waals surface area contributed by atoms with Gasteiger partial charge in [0.05, 0.1) is 13.1 Å². The van der Waals surface area contributed by atoms with Crippen LogP contribution in [0.25, 0.3) is 0 Å². The summed E-state index contributed by atoms with van der Waals surface area (Å²) < 4.78 is 4.19. The van der Waals surface area contributed by atoms with Crippen molar-refractivity contribution in [1.29, 1.82) is 0 Å². The average Bonchev–Trinajstić information content (AvgIpc) is 3.10. The Morgan fingerprint density at radius 2 is 1.73 bits per heavy atom. The minimum absolute atomic E-state index is 0.578. The zero-order valence-electron chi connectivity index (χ0n) is 13.6. The van der Waals surface area contributed by atoms with Crippen LogP contribution in [-0.2, 0) is 27.2 Å². The van der Waals surface area contributed by atoms with E-state index >= 15 is 0 Å². The second kappa shape index (κ2) is 7.07. The topological polar surface area (TPSA) is 50.9 Å². The fourth-order valence-electron chi connectivity index (χ4n) is 3.07. The number of hydrogen-bond acceptors (Lipinski definition) is 4. The predicted molar refractivity (Wildman–Crippen MR) is 86.2 cm³/mol. The lowest BCUT2D eigenvalue weighted by atomic mass is 10.0. The number of rotatable bonds is 6. The van der Waals surface area contributed by atoms with Crippen LogP contribution >= 0.6 is 0 Å². The van der Waals surface area contributed by atoms with Gasteiger partial charge in [0.1, 0.15) is 11.6 Å². The standard InChI is InChI=1S/C16H26N6/c1-20-9-7-18-15(20)12-22(11-14-5-3-4-6-17-14)13-16-19-8-10-21(16)2/h7-10,14,17H,3-6,11-13H2,1-2H3. The molecule has 22 heavy (non-hydrogen) atoms. The molecule has 1 aliphatic heterocycles. The van der Waals surface area contributed by atoms with Gasteiger partial charge in [0.25, 0.3) is 0 Å². The quantitative estimate of drug-likeness (QED) is 0.874. The van der Waals surface area contributed by atoms with Gasteiger partial charge in [0.2, 0.25) is 0 Å². The summed E-state index contributed by atoms with van der Waals surface area (Å²) in [5, 5.41) is 3.64. The van der Waals surface area contributed by atoms with Crippen molar-refractivity contribution < 1.29 is 0 Å². The summed E-state index contributed by atoms with van der Waals surface area (Å²) >= 11 is 0. The van der Waals surface area contributed by atoms with Gasteiger partial charge in [-0.25, -0.2) is 9.97 Å². The zero-order valence-corrected chi connectivity index (χ0v) is 13.6. The molecule has 2 aromatic heterocycles. The smallest absolute Gasteiger partial charge is 0.122 e. The number of piperidine rings is 1. The molecule has 0 aliphatic carbocycles. The molecule has 6 nitrogen and oxygen atoms in total. The van der Waals surface area contributed by atoms with Crippen molar-refractivity contribution in [3.63, 3.8) is 0 Å². The summed E-state index contributed by atoms with van der Waals surface area (Å²) in [4.78, 5) is 11.4. The molecule has 1 unspecified atom stereocenters. The molecule has 1 atom stereocenters. The van der Waals surface area contributed by atoms with Crippen molar-refractivity contribution in [2.75, 3.05) is 13.1 Å². The van der Waals surface area contributed by atoms with Crippen molar-refractivity contribution in [3.05, 3.63) is 36.4 Å². The Labute approximate surface area is 132 Å². The lowest BCUT2D eigenvalue weighted by molar-refractivity contribution is 0.198. The maximum absolute atomic E-state index is 4.47. The van der Waals surface area contributed by atoms with E-state index in [9.17, 15) is 0 Å². The summed E-state index contributed by atoms with van der Waals surface area (Å²) in [6.45, 7) is 3.89. The molecular formula is C16H26N6. The first kappa shape index (κ1) is 15.2. The SMILES string of the molecule is Cn1ccnc1CN(Cc1nccn1C)CC1CCCCN1. The highest BCUT2D eigenvalue weighted by molar-refractivity contribution is 4.95. The molecule has 1 aliphatic rings. The van der Waals surface area contributed by atoms with Gasteiger partial charge in [-0.2, -0.15) is 0 Å². The molecule has 0 radical (unpaired) electrons. The molecule has 6 heteroatoms. The van der Waals surface area contributed by atoms with Crippen molar-refractivity contribution in [2.45, 2.75) is 38.4 Å². The van der Waals surface area contributed by atoms with E-state index < -0.39 is 0 Å². The highest BCUT2D eigenvalue weighted by atomic mass is 15.2. The number of aromatic nitrogens is 4. The minimum Gasteiger partial charge on any atom is -0.337 e. The Morgan fingerprint density at radius 3 is 2.18 bits per heavy atom. The van der Waals surface area contributed by atoms with Crippen LogP contribution in [-0.4, -0.2) is 43.1 Å². The van der Waals surface area contributed by atoms with Gasteiger partial charge in [0, 0.05) is 51.5 Å². The molecule has 1 saturated heterocycles. The van der Waals surface area contributed by atoms with E-state index in [0.29, 0.717) is 6.04 Å². The Balaban J connectivity index is 1.69. The highest BCUT2D eigenvalue weighted by Gasteiger charge is 2.19. The highest BCUT2D eigenvalue weighted by Crippen LogP contribution is 2.13.